The molecule has 2 aromatic carbocycles. The Morgan fingerprint density at radius 2 is 1.89 bits per heavy atom. The predicted molar refractivity (Wildman–Crippen MR) is 79.3 cm³/mol. The van der Waals surface area contributed by atoms with Crippen LogP contribution in [-0.2, 0) is 11.2 Å². The zero-order valence-corrected chi connectivity index (χ0v) is 12.1. The van der Waals surface area contributed by atoms with Crippen LogP contribution in [0.4, 0.5) is 5.69 Å². The van der Waals surface area contributed by atoms with Gasteiger partial charge in [-0.3, -0.25) is 4.79 Å². The number of aryl methyl sites for hydroxylation is 1. The summed E-state index contributed by atoms with van der Waals surface area (Å²) in [7, 11) is 0. The van der Waals surface area contributed by atoms with E-state index < -0.39 is 0 Å². The second-order valence-electron chi connectivity index (χ2n) is 4.36. The van der Waals surface area contributed by atoms with Crippen molar-refractivity contribution in [3.63, 3.8) is 0 Å². The number of halogens is 1. The van der Waals surface area contributed by atoms with Crippen molar-refractivity contribution in [2.75, 3.05) is 5.32 Å². The molecule has 2 rings (SSSR count). The SMILES string of the molecule is Cc1ccc(NC(=O)Cc2ccc(O)cc2)cc1Br. The minimum absolute atomic E-state index is 0.0820. The molecule has 1 amide bonds. The molecule has 4 heteroatoms. The van der Waals surface area contributed by atoms with Gasteiger partial charge in [-0.25, -0.2) is 0 Å². The van der Waals surface area contributed by atoms with Crippen molar-refractivity contribution in [1.29, 1.82) is 0 Å². The first-order valence-corrected chi connectivity index (χ1v) is 6.68. The molecule has 19 heavy (non-hydrogen) atoms. The molecule has 0 heterocycles. The van der Waals surface area contributed by atoms with Crippen LogP contribution < -0.4 is 5.32 Å². The summed E-state index contributed by atoms with van der Waals surface area (Å²) in [5.41, 5.74) is 2.75. The van der Waals surface area contributed by atoms with Gasteiger partial charge in [-0.2, -0.15) is 0 Å². The summed E-state index contributed by atoms with van der Waals surface area (Å²) in [5, 5.41) is 12.0. The van der Waals surface area contributed by atoms with Crippen LogP contribution in [0.1, 0.15) is 11.1 Å². The summed E-state index contributed by atoms with van der Waals surface area (Å²) < 4.78 is 0.968. The Kier molecular flexibility index (Phi) is 4.22. The zero-order chi connectivity index (χ0) is 13.8. The number of carbonyl (C=O) groups excluding carboxylic acids is 1. The van der Waals surface area contributed by atoms with Crippen LogP contribution in [-0.4, -0.2) is 11.0 Å². The minimum atomic E-state index is -0.0820. The highest BCUT2D eigenvalue weighted by atomic mass is 79.9. The van der Waals surface area contributed by atoms with Crippen molar-refractivity contribution in [3.8, 4) is 5.75 Å². The third-order valence-electron chi connectivity index (χ3n) is 2.76. The lowest BCUT2D eigenvalue weighted by Gasteiger charge is -2.07. The molecular formula is C15H14BrNO2. The summed E-state index contributed by atoms with van der Waals surface area (Å²) in [6, 6.07) is 12.3. The number of anilines is 1. The fraction of sp³-hybridized carbons (Fsp3) is 0.133. The first kappa shape index (κ1) is 13.6. The molecule has 98 valence electrons. The number of amides is 1. The molecule has 0 aromatic heterocycles. The molecule has 3 nitrogen and oxygen atoms in total. The molecule has 0 bridgehead atoms. The topological polar surface area (TPSA) is 49.3 Å². The van der Waals surface area contributed by atoms with Gasteiger partial charge in [0.05, 0.1) is 6.42 Å². The van der Waals surface area contributed by atoms with E-state index >= 15 is 0 Å². The normalized spacial score (nSPS) is 10.2. The molecule has 2 N–H and O–H groups in total. The summed E-state index contributed by atoms with van der Waals surface area (Å²) in [6.07, 6.45) is 0.284. The van der Waals surface area contributed by atoms with Gasteiger partial charge >= 0.3 is 0 Å². The van der Waals surface area contributed by atoms with Gasteiger partial charge in [0.25, 0.3) is 0 Å². The summed E-state index contributed by atoms with van der Waals surface area (Å²) in [5.74, 6) is 0.119. The monoisotopic (exact) mass is 319 g/mol. The summed E-state index contributed by atoms with van der Waals surface area (Å²) in [4.78, 5) is 11.9. The van der Waals surface area contributed by atoms with Crippen molar-refractivity contribution in [2.45, 2.75) is 13.3 Å². The third kappa shape index (κ3) is 3.83. The smallest absolute Gasteiger partial charge is 0.228 e. The highest BCUT2D eigenvalue weighted by Gasteiger charge is 2.05. The lowest BCUT2D eigenvalue weighted by atomic mass is 10.1. The van der Waals surface area contributed by atoms with E-state index in [1.54, 1.807) is 24.3 Å². The number of hydrogen-bond donors (Lipinski definition) is 2. The Morgan fingerprint density at radius 1 is 1.21 bits per heavy atom. The lowest BCUT2D eigenvalue weighted by Crippen LogP contribution is -2.14. The summed E-state index contributed by atoms with van der Waals surface area (Å²) >= 11 is 3.43. The maximum Gasteiger partial charge on any atom is 0.228 e. The van der Waals surface area contributed by atoms with Gasteiger partial charge in [0.1, 0.15) is 5.75 Å². The highest BCUT2D eigenvalue weighted by Crippen LogP contribution is 2.20. The Labute approximate surface area is 120 Å². The first-order chi connectivity index (χ1) is 9.04. The molecule has 0 fully saturated rings. The van der Waals surface area contributed by atoms with Gasteiger partial charge < -0.3 is 10.4 Å². The fourth-order valence-electron chi connectivity index (χ4n) is 1.67. The van der Waals surface area contributed by atoms with E-state index in [0.29, 0.717) is 0 Å². The molecule has 0 spiro atoms. The number of nitrogens with one attached hydrogen (secondary N) is 1. The van der Waals surface area contributed by atoms with Crippen molar-refractivity contribution >= 4 is 27.5 Å². The average molecular weight is 320 g/mol. The van der Waals surface area contributed by atoms with Crippen molar-refractivity contribution in [3.05, 3.63) is 58.1 Å². The Morgan fingerprint density at radius 3 is 2.53 bits per heavy atom. The van der Waals surface area contributed by atoms with Crippen LogP contribution in [0.25, 0.3) is 0 Å². The number of benzene rings is 2. The van der Waals surface area contributed by atoms with Gasteiger partial charge in [0, 0.05) is 10.2 Å². The van der Waals surface area contributed by atoms with E-state index in [0.717, 1.165) is 21.3 Å². The second kappa shape index (κ2) is 5.89. The molecule has 0 atom stereocenters. The molecule has 0 unspecified atom stereocenters. The van der Waals surface area contributed by atoms with Gasteiger partial charge in [-0.1, -0.05) is 34.1 Å². The van der Waals surface area contributed by atoms with Crippen LogP contribution in [0, 0.1) is 6.92 Å². The second-order valence-corrected chi connectivity index (χ2v) is 5.21. The van der Waals surface area contributed by atoms with Gasteiger partial charge in [-0.05, 0) is 42.3 Å². The molecule has 0 saturated carbocycles. The van der Waals surface area contributed by atoms with Gasteiger partial charge in [0.2, 0.25) is 5.91 Å². The lowest BCUT2D eigenvalue weighted by molar-refractivity contribution is -0.115. The molecule has 2 aromatic rings. The third-order valence-corrected chi connectivity index (χ3v) is 3.61. The van der Waals surface area contributed by atoms with Gasteiger partial charge in [-0.15, -0.1) is 0 Å². The van der Waals surface area contributed by atoms with Crippen molar-refractivity contribution in [1.82, 2.24) is 0 Å². The number of aromatic hydroxyl groups is 1. The Bertz CT molecular complexity index is 594. The number of rotatable bonds is 3. The minimum Gasteiger partial charge on any atom is -0.508 e. The number of carbonyl (C=O) groups is 1. The van der Waals surface area contributed by atoms with Crippen LogP contribution in [0.15, 0.2) is 46.9 Å². The number of phenols is 1. The molecule has 0 aliphatic carbocycles. The van der Waals surface area contributed by atoms with E-state index in [9.17, 15) is 9.90 Å². The van der Waals surface area contributed by atoms with E-state index in [2.05, 4.69) is 21.2 Å². The fourth-order valence-corrected chi connectivity index (χ4v) is 2.05. The summed E-state index contributed by atoms with van der Waals surface area (Å²) in [6.45, 7) is 1.99. The Balaban J connectivity index is 2.01. The maximum atomic E-state index is 11.9. The molecular weight excluding hydrogens is 306 g/mol. The van der Waals surface area contributed by atoms with Crippen LogP contribution in [0.5, 0.6) is 5.75 Å². The van der Waals surface area contributed by atoms with E-state index in [4.69, 9.17) is 0 Å². The van der Waals surface area contributed by atoms with Crippen molar-refractivity contribution < 1.29 is 9.90 Å². The molecule has 0 aliphatic heterocycles. The quantitative estimate of drug-likeness (QED) is 0.907. The zero-order valence-electron chi connectivity index (χ0n) is 10.5. The Hall–Kier alpha value is -1.81. The average Bonchev–Trinajstić information content (AvgIpc) is 2.37. The van der Waals surface area contributed by atoms with Gasteiger partial charge in [0.15, 0.2) is 0 Å². The molecule has 0 radical (unpaired) electrons. The molecule has 0 aliphatic rings. The number of phenolic OH excluding ortho intramolecular Hbond substituents is 1. The standard InChI is InChI=1S/C15H14BrNO2/c1-10-2-5-12(9-14(10)16)17-15(19)8-11-3-6-13(18)7-4-11/h2-7,9,18H,8H2,1H3,(H,17,19). The highest BCUT2D eigenvalue weighted by molar-refractivity contribution is 9.10. The van der Waals surface area contributed by atoms with Crippen LogP contribution in [0.3, 0.4) is 0 Å². The first-order valence-electron chi connectivity index (χ1n) is 5.88. The van der Waals surface area contributed by atoms with Crippen molar-refractivity contribution in [2.24, 2.45) is 0 Å². The van der Waals surface area contributed by atoms with E-state index in [-0.39, 0.29) is 18.1 Å². The van der Waals surface area contributed by atoms with Crippen LogP contribution in [0.2, 0.25) is 0 Å². The predicted octanol–water partition coefficient (Wildman–Crippen LogP) is 3.64. The molecule has 0 saturated heterocycles. The largest absolute Gasteiger partial charge is 0.508 e. The maximum absolute atomic E-state index is 11.9. The van der Waals surface area contributed by atoms with E-state index in [1.165, 1.54) is 0 Å². The van der Waals surface area contributed by atoms with Crippen LogP contribution >= 0.6 is 15.9 Å². The number of hydrogen-bond acceptors (Lipinski definition) is 2. The van der Waals surface area contributed by atoms with E-state index in [1.807, 2.05) is 25.1 Å².